The summed E-state index contributed by atoms with van der Waals surface area (Å²) in [5.74, 6) is 0.173. The normalized spacial score (nSPS) is 12.2. The van der Waals surface area contributed by atoms with Crippen molar-refractivity contribution in [1.29, 1.82) is 0 Å². The van der Waals surface area contributed by atoms with Gasteiger partial charge in [-0.2, -0.15) is 4.98 Å². The molecule has 0 radical (unpaired) electrons. The van der Waals surface area contributed by atoms with Crippen LogP contribution >= 0.6 is 0 Å². The van der Waals surface area contributed by atoms with Gasteiger partial charge in [0.05, 0.1) is 0 Å². The number of imidazole rings is 1. The van der Waals surface area contributed by atoms with Gasteiger partial charge in [0.2, 0.25) is 20.9 Å². The molecular weight excluding hydrogens is 256 g/mol. The Morgan fingerprint density at radius 2 is 2.17 bits per heavy atom. The van der Waals surface area contributed by atoms with Crippen LogP contribution < -0.4 is 0 Å². The molecule has 2 heterocycles. The fraction of sp³-hybridized carbons (Fsp3) is 0.500. The van der Waals surface area contributed by atoms with E-state index >= 15 is 0 Å². The first-order valence-electron chi connectivity index (χ1n) is 5.45. The van der Waals surface area contributed by atoms with Crippen LogP contribution in [-0.2, 0) is 15.6 Å². The summed E-state index contributed by atoms with van der Waals surface area (Å²) in [6, 6.07) is 0.0179. The van der Waals surface area contributed by atoms with E-state index in [-0.39, 0.29) is 22.8 Å². The van der Waals surface area contributed by atoms with Crippen molar-refractivity contribution in [2.24, 2.45) is 0 Å². The molecule has 0 bridgehead atoms. The predicted octanol–water partition coefficient (Wildman–Crippen LogP) is 1.13. The van der Waals surface area contributed by atoms with E-state index in [2.05, 4.69) is 15.1 Å². The van der Waals surface area contributed by atoms with Crippen molar-refractivity contribution in [3.8, 4) is 0 Å². The maximum absolute atomic E-state index is 12.2. The molecule has 2 rings (SSSR count). The molecule has 0 aliphatic carbocycles. The predicted molar refractivity (Wildman–Crippen MR) is 62.5 cm³/mol. The zero-order valence-electron chi connectivity index (χ0n) is 10.4. The maximum Gasteiger partial charge on any atom is 0.228 e. The first kappa shape index (κ1) is 12.7. The summed E-state index contributed by atoms with van der Waals surface area (Å²) in [5, 5.41) is 3.61. The second-order valence-corrected chi connectivity index (χ2v) is 6.08. The third-order valence-electron chi connectivity index (χ3n) is 2.36. The average molecular weight is 270 g/mol. The third-order valence-corrected chi connectivity index (χ3v) is 3.87. The number of hydrogen-bond acceptors (Lipinski definition) is 6. The Hall–Kier alpha value is -1.70. The highest BCUT2D eigenvalue weighted by molar-refractivity contribution is 7.90. The lowest BCUT2D eigenvalue weighted by Crippen LogP contribution is -2.14. The van der Waals surface area contributed by atoms with E-state index in [1.54, 1.807) is 17.7 Å². The summed E-state index contributed by atoms with van der Waals surface area (Å²) < 4.78 is 30.7. The van der Waals surface area contributed by atoms with Gasteiger partial charge in [-0.3, -0.25) is 0 Å². The van der Waals surface area contributed by atoms with E-state index in [1.165, 1.54) is 6.20 Å². The monoisotopic (exact) mass is 270 g/mol. The summed E-state index contributed by atoms with van der Waals surface area (Å²) in [7, 11) is -3.57. The number of aromatic nitrogens is 4. The molecule has 8 heteroatoms. The second-order valence-electron chi connectivity index (χ2n) is 4.20. The van der Waals surface area contributed by atoms with E-state index in [1.807, 2.05) is 13.8 Å². The van der Waals surface area contributed by atoms with Gasteiger partial charge >= 0.3 is 0 Å². The summed E-state index contributed by atoms with van der Waals surface area (Å²) in [6.45, 7) is 5.39. The molecule has 0 N–H and O–H groups in total. The summed E-state index contributed by atoms with van der Waals surface area (Å²) >= 11 is 0. The molecule has 98 valence electrons. The lowest BCUT2D eigenvalue weighted by molar-refractivity contribution is 0.388. The van der Waals surface area contributed by atoms with Gasteiger partial charge in [0.1, 0.15) is 5.75 Å². The van der Waals surface area contributed by atoms with Gasteiger partial charge in [-0.1, -0.05) is 5.16 Å². The Kier molecular flexibility index (Phi) is 3.20. The van der Waals surface area contributed by atoms with Crippen molar-refractivity contribution in [1.82, 2.24) is 19.7 Å². The van der Waals surface area contributed by atoms with Gasteiger partial charge in [-0.15, -0.1) is 0 Å². The Balaban J connectivity index is 2.34. The minimum Gasteiger partial charge on any atom is -0.340 e. The van der Waals surface area contributed by atoms with Crippen molar-refractivity contribution < 1.29 is 12.9 Å². The van der Waals surface area contributed by atoms with Crippen LogP contribution in [0.15, 0.2) is 22.1 Å². The van der Waals surface area contributed by atoms with Crippen LogP contribution in [0.5, 0.6) is 0 Å². The molecule has 0 fully saturated rings. The minimum absolute atomic E-state index is 0.0179. The molecule has 0 spiro atoms. The second kappa shape index (κ2) is 4.52. The molecule has 18 heavy (non-hydrogen) atoms. The Labute approximate surface area is 105 Å². The largest absolute Gasteiger partial charge is 0.340 e. The Morgan fingerprint density at radius 3 is 2.72 bits per heavy atom. The lowest BCUT2D eigenvalue weighted by atomic mass is 10.4. The molecule has 0 atom stereocenters. The molecule has 0 aromatic carbocycles. The quantitative estimate of drug-likeness (QED) is 0.827. The van der Waals surface area contributed by atoms with Gasteiger partial charge in [0.15, 0.2) is 5.82 Å². The third kappa shape index (κ3) is 2.42. The van der Waals surface area contributed by atoms with Gasteiger partial charge in [-0.25, -0.2) is 13.4 Å². The highest BCUT2D eigenvalue weighted by atomic mass is 32.2. The average Bonchev–Trinajstić information content (AvgIpc) is 2.86. The zero-order chi connectivity index (χ0) is 13.3. The van der Waals surface area contributed by atoms with Gasteiger partial charge in [0.25, 0.3) is 0 Å². The number of sulfone groups is 1. The van der Waals surface area contributed by atoms with Gasteiger partial charge in [-0.05, 0) is 13.8 Å². The van der Waals surface area contributed by atoms with Crippen LogP contribution in [0.25, 0.3) is 0 Å². The first-order valence-corrected chi connectivity index (χ1v) is 7.10. The number of aryl methyl sites for hydroxylation is 1. The van der Waals surface area contributed by atoms with Crippen LogP contribution in [0.2, 0.25) is 0 Å². The van der Waals surface area contributed by atoms with Crippen LogP contribution in [-0.4, -0.2) is 28.1 Å². The Morgan fingerprint density at radius 1 is 1.44 bits per heavy atom. The van der Waals surface area contributed by atoms with Crippen LogP contribution in [0.1, 0.15) is 31.6 Å². The fourth-order valence-corrected chi connectivity index (χ4v) is 2.97. The van der Waals surface area contributed by atoms with Crippen molar-refractivity contribution >= 4 is 9.84 Å². The number of hydrogen-bond donors (Lipinski definition) is 0. The SMILES string of the molecule is Cc1nc(CS(=O)(=O)c2nccn2C(C)C)no1. The van der Waals surface area contributed by atoms with E-state index in [9.17, 15) is 8.42 Å². The molecule has 2 aromatic heterocycles. The van der Waals surface area contributed by atoms with Crippen molar-refractivity contribution in [3.63, 3.8) is 0 Å². The molecule has 0 saturated carbocycles. The molecule has 2 aromatic rings. The van der Waals surface area contributed by atoms with E-state index in [4.69, 9.17) is 4.52 Å². The van der Waals surface area contributed by atoms with Crippen molar-refractivity contribution in [2.45, 2.75) is 37.7 Å². The lowest BCUT2D eigenvalue weighted by Gasteiger charge is -2.10. The molecule has 0 aliphatic heterocycles. The zero-order valence-corrected chi connectivity index (χ0v) is 11.2. The topological polar surface area (TPSA) is 90.9 Å². The van der Waals surface area contributed by atoms with Crippen LogP contribution in [0.3, 0.4) is 0 Å². The molecule has 0 saturated heterocycles. The first-order chi connectivity index (χ1) is 8.40. The number of nitrogens with zero attached hydrogens (tertiary/aromatic N) is 4. The molecule has 7 nitrogen and oxygen atoms in total. The molecule has 0 amide bonds. The minimum atomic E-state index is -3.57. The maximum atomic E-state index is 12.2. The van der Waals surface area contributed by atoms with E-state index < -0.39 is 9.84 Å². The summed E-state index contributed by atoms with van der Waals surface area (Å²) in [4.78, 5) is 7.79. The van der Waals surface area contributed by atoms with Gasteiger partial charge < -0.3 is 9.09 Å². The van der Waals surface area contributed by atoms with Gasteiger partial charge in [0, 0.05) is 25.4 Å². The van der Waals surface area contributed by atoms with Crippen LogP contribution in [0.4, 0.5) is 0 Å². The highest BCUT2D eigenvalue weighted by Crippen LogP contribution is 2.17. The van der Waals surface area contributed by atoms with Crippen molar-refractivity contribution in [2.75, 3.05) is 0 Å². The molecular formula is C10H14N4O3S. The van der Waals surface area contributed by atoms with Crippen molar-refractivity contribution in [3.05, 3.63) is 24.1 Å². The Bertz CT molecular complexity index is 642. The number of rotatable bonds is 4. The fourth-order valence-electron chi connectivity index (χ4n) is 1.57. The van der Waals surface area contributed by atoms with E-state index in [0.717, 1.165) is 0 Å². The smallest absolute Gasteiger partial charge is 0.228 e. The van der Waals surface area contributed by atoms with E-state index in [0.29, 0.717) is 5.89 Å². The summed E-state index contributed by atoms with van der Waals surface area (Å²) in [5.41, 5.74) is 0. The standard InChI is InChI=1S/C10H14N4O3S/c1-7(2)14-5-4-11-10(14)18(15,16)6-9-12-8(3)17-13-9/h4-5,7H,6H2,1-3H3. The van der Waals surface area contributed by atoms with Crippen LogP contribution in [0, 0.1) is 6.92 Å². The summed E-state index contributed by atoms with van der Waals surface area (Å²) in [6.07, 6.45) is 3.10. The molecule has 0 aliphatic rings. The highest BCUT2D eigenvalue weighted by Gasteiger charge is 2.24. The molecule has 0 unspecified atom stereocenters.